The second-order valence-electron chi connectivity index (χ2n) is 7.64. The van der Waals surface area contributed by atoms with Gasteiger partial charge in [-0.2, -0.15) is 0 Å². The molecule has 1 atom stereocenters. The third-order valence-corrected chi connectivity index (χ3v) is 13.3. The molecule has 0 amide bonds. The number of rotatable bonds is 3. The Morgan fingerprint density at radius 1 is 1.05 bits per heavy atom. The molecule has 0 saturated heterocycles. The van der Waals surface area contributed by atoms with Crippen molar-refractivity contribution in [1.82, 2.24) is 4.98 Å². The van der Waals surface area contributed by atoms with Crippen molar-refractivity contribution >= 4 is 26.8 Å². The first-order chi connectivity index (χ1) is 8.75. The number of hydrogen-bond acceptors (Lipinski definition) is 1. The first kappa shape index (κ1) is 19.0. The van der Waals surface area contributed by atoms with E-state index in [1.54, 1.807) is 0 Å². The molecule has 1 aliphatic rings. The van der Waals surface area contributed by atoms with Crippen molar-refractivity contribution in [1.29, 1.82) is 0 Å². The van der Waals surface area contributed by atoms with Gasteiger partial charge in [-0.3, -0.25) is 0 Å². The molecule has 1 unspecified atom stereocenters. The molecule has 0 fully saturated rings. The first-order valence-corrected chi connectivity index (χ1v) is 15.2. The van der Waals surface area contributed by atoms with E-state index >= 15 is 0 Å². The third kappa shape index (κ3) is 3.16. The van der Waals surface area contributed by atoms with Gasteiger partial charge in [0.1, 0.15) is 0 Å². The number of halogens is 2. The molecule has 1 nitrogen and oxygen atoms in total. The average Bonchev–Trinajstić information content (AvgIpc) is 2.38. The Bertz CT molecular complexity index is 475. The summed E-state index contributed by atoms with van der Waals surface area (Å²) in [5, 5.41) is 0.0350. The van der Waals surface area contributed by atoms with Gasteiger partial charge in [0.25, 0.3) is 0 Å². The molecule has 0 aromatic heterocycles. The molecule has 20 heavy (non-hydrogen) atoms. The minimum absolute atomic E-state index is 0.0350. The van der Waals surface area contributed by atoms with E-state index in [1.165, 1.54) is 20.6 Å². The molecule has 5 heteroatoms. The van der Waals surface area contributed by atoms with Crippen LogP contribution < -0.4 is 4.98 Å². The third-order valence-electron chi connectivity index (χ3n) is 4.88. The fourth-order valence-electron chi connectivity index (χ4n) is 3.58. The van der Waals surface area contributed by atoms with Gasteiger partial charge in [0.05, 0.1) is 0 Å². The first-order valence-electron chi connectivity index (χ1n) is 7.13. The monoisotopic (exact) mass is 368 g/mol. The SMILES string of the molecule is CC1=C(C)C(C)([Si](C)(C)NC(C)(C)C)[C]([Ti]([Cl])[Cl])=C1C. The number of nitrogens with one attached hydrogen (secondary N) is 1. The minimum atomic E-state index is -2.16. The molecule has 0 spiro atoms. The molecule has 0 aromatic carbocycles. The van der Waals surface area contributed by atoms with Crippen molar-refractivity contribution < 1.29 is 15.7 Å². The Morgan fingerprint density at radius 2 is 1.50 bits per heavy atom. The standard InChI is InChI=1S/C15H28NSi.2ClH.Ti/c1-11-10-15(7,13(3)12(11)2)17(8,9)16-14(4,5)6;;;/h16H,1-9H3;2*1H;/q;;;+2/p-2. The predicted molar refractivity (Wildman–Crippen MR) is 91.5 cm³/mol. The number of hydrogen-bond donors (Lipinski definition) is 1. The summed E-state index contributed by atoms with van der Waals surface area (Å²) in [5.74, 6) is 0. The van der Waals surface area contributed by atoms with Crippen LogP contribution in [-0.4, -0.2) is 13.8 Å². The van der Waals surface area contributed by atoms with Crippen LogP contribution in [0.2, 0.25) is 18.1 Å². The van der Waals surface area contributed by atoms with Crippen molar-refractivity contribution in [3.8, 4) is 0 Å². The van der Waals surface area contributed by atoms with Gasteiger partial charge in [-0.05, 0) is 0 Å². The molecular weight excluding hydrogens is 341 g/mol. The van der Waals surface area contributed by atoms with E-state index in [-0.39, 0.29) is 10.6 Å². The van der Waals surface area contributed by atoms with Crippen LogP contribution in [0.4, 0.5) is 0 Å². The molecular formula is C15H28Cl2NSiTi. The van der Waals surface area contributed by atoms with Gasteiger partial charge in [-0.1, -0.05) is 0 Å². The van der Waals surface area contributed by atoms with E-state index in [0.717, 1.165) is 0 Å². The topological polar surface area (TPSA) is 12.0 Å². The maximum absolute atomic E-state index is 6.51. The summed E-state index contributed by atoms with van der Waals surface area (Å²) in [5.41, 5.74) is 4.31. The van der Waals surface area contributed by atoms with E-state index in [1.807, 2.05) is 0 Å². The Balaban J connectivity index is 3.46. The Morgan fingerprint density at radius 3 is 1.85 bits per heavy atom. The van der Waals surface area contributed by atoms with Crippen LogP contribution in [0.3, 0.4) is 0 Å². The van der Waals surface area contributed by atoms with Gasteiger partial charge in [0, 0.05) is 0 Å². The van der Waals surface area contributed by atoms with Gasteiger partial charge in [-0.25, -0.2) is 0 Å². The molecule has 0 aromatic rings. The van der Waals surface area contributed by atoms with Crippen LogP contribution in [0.15, 0.2) is 20.6 Å². The van der Waals surface area contributed by atoms with E-state index in [2.05, 4.69) is 66.5 Å². The Labute approximate surface area is 139 Å². The molecule has 1 N–H and O–H groups in total. The molecule has 1 aliphatic carbocycles. The van der Waals surface area contributed by atoms with Crippen molar-refractivity contribution in [3.05, 3.63) is 20.6 Å². The molecule has 0 aliphatic heterocycles. The second kappa shape index (κ2) is 5.87. The van der Waals surface area contributed by atoms with Crippen LogP contribution in [0.25, 0.3) is 0 Å². The number of allylic oxidation sites excluding steroid dienone is 4. The molecule has 0 bridgehead atoms. The summed E-state index contributed by atoms with van der Waals surface area (Å²) in [6.07, 6.45) is 0. The van der Waals surface area contributed by atoms with Crippen molar-refractivity contribution in [3.63, 3.8) is 0 Å². The maximum atomic E-state index is 6.51. The van der Waals surface area contributed by atoms with Gasteiger partial charge in [0.2, 0.25) is 0 Å². The van der Waals surface area contributed by atoms with Gasteiger partial charge >= 0.3 is 140 Å². The van der Waals surface area contributed by atoms with Crippen molar-refractivity contribution in [2.24, 2.45) is 0 Å². The van der Waals surface area contributed by atoms with Gasteiger partial charge < -0.3 is 0 Å². The van der Waals surface area contributed by atoms with E-state index < -0.39 is 24.0 Å². The normalized spacial score (nSPS) is 24.8. The molecule has 0 saturated carbocycles. The fourth-order valence-corrected chi connectivity index (χ4v) is 14.6. The molecule has 0 radical (unpaired) electrons. The summed E-state index contributed by atoms with van der Waals surface area (Å²) in [4.78, 5) is 3.91. The summed E-state index contributed by atoms with van der Waals surface area (Å²) in [6, 6.07) is 0. The van der Waals surface area contributed by atoms with Crippen molar-refractivity contribution in [2.45, 2.75) is 72.1 Å². The molecule has 115 valence electrons. The molecule has 1 rings (SSSR count). The zero-order valence-corrected chi connectivity index (χ0v) is 18.3. The fraction of sp³-hybridized carbons (Fsp3) is 0.733. The van der Waals surface area contributed by atoms with Crippen LogP contribution in [0.5, 0.6) is 0 Å². The molecule has 0 heterocycles. The predicted octanol–water partition coefficient (Wildman–Crippen LogP) is 5.89. The van der Waals surface area contributed by atoms with Gasteiger partial charge in [0.15, 0.2) is 0 Å². The quantitative estimate of drug-likeness (QED) is 0.612. The van der Waals surface area contributed by atoms with Crippen molar-refractivity contribution in [2.75, 3.05) is 0 Å². The van der Waals surface area contributed by atoms with Crippen LogP contribution in [0, 0.1) is 0 Å². The Hall–Kier alpha value is 0.951. The van der Waals surface area contributed by atoms with Gasteiger partial charge in [-0.15, -0.1) is 0 Å². The summed E-state index contributed by atoms with van der Waals surface area (Å²) in [6.45, 7) is 20.6. The summed E-state index contributed by atoms with van der Waals surface area (Å²) >= 11 is -2.16. The zero-order valence-electron chi connectivity index (χ0n) is 14.3. The van der Waals surface area contributed by atoms with Crippen LogP contribution >= 0.6 is 18.6 Å². The van der Waals surface area contributed by atoms with Crippen LogP contribution in [-0.2, 0) is 15.7 Å². The second-order valence-corrected chi connectivity index (χ2v) is 17.6. The van der Waals surface area contributed by atoms with Crippen LogP contribution in [0.1, 0.15) is 48.5 Å². The van der Waals surface area contributed by atoms with E-state index in [4.69, 9.17) is 18.6 Å². The zero-order chi connectivity index (χ0) is 16.1. The van der Waals surface area contributed by atoms with E-state index in [9.17, 15) is 0 Å². The Kier molecular flexibility index (Phi) is 5.57. The summed E-state index contributed by atoms with van der Waals surface area (Å²) < 4.78 is 1.37. The average molecular weight is 369 g/mol. The van der Waals surface area contributed by atoms with E-state index in [0.29, 0.717) is 0 Å². The summed E-state index contributed by atoms with van der Waals surface area (Å²) in [7, 11) is 11.2.